The molecule has 1 aliphatic carbocycles. The molecule has 0 spiro atoms. The number of hydrogen-bond donors (Lipinski definition) is 2. The topological polar surface area (TPSA) is 69.8 Å². The van der Waals surface area contributed by atoms with Crippen molar-refractivity contribution in [1.29, 1.82) is 0 Å². The molecule has 0 saturated heterocycles. The molecule has 31 heavy (non-hydrogen) atoms. The van der Waals surface area contributed by atoms with Crippen LogP contribution in [-0.4, -0.2) is 59.9 Å². The van der Waals surface area contributed by atoms with Crippen LogP contribution in [0, 0.1) is 0 Å². The highest BCUT2D eigenvalue weighted by Gasteiger charge is 2.20. The molecule has 0 radical (unpaired) electrons. The molecule has 1 fully saturated rings. The largest absolute Gasteiger partial charge is 0.454 e. The molecule has 2 N–H and O–H groups in total. The van der Waals surface area contributed by atoms with E-state index in [9.17, 15) is 4.79 Å². The first kappa shape index (κ1) is 21.9. The second-order valence-corrected chi connectivity index (χ2v) is 9.17. The van der Waals surface area contributed by atoms with Gasteiger partial charge in [0.2, 0.25) is 6.79 Å². The molecule has 8 heteroatoms. The van der Waals surface area contributed by atoms with Gasteiger partial charge in [0.05, 0.1) is 12.1 Å². The number of nitrogens with one attached hydrogen (secondary N) is 2. The van der Waals surface area contributed by atoms with Crippen LogP contribution in [0.2, 0.25) is 0 Å². The van der Waals surface area contributed by atoms with Gasteiger partial charge in [0.15, 0.2) is 16.6 Å². The number of nitrogens with zero attached hydrogens (tertiary/aromatic N) is 2. The van der Waals surface area contributed by atoms with E-state index in [0.717, 1.165) is 48.4 Å². The summed E-state index contributed by atoms with van der Waals surface area (Å²) in [5.74, 6) is 1.38. The van der Waals surface area contributed by atoms with Gasteiger partial charge in [0.25, 0.3) is 5.56 Å². The van der Waals surface area contributed by atoms with Gasteiger partial charge in [-0.25, -0.2) is 0 Å². The number of thiocarbonyl (C=S) groups is 1. The Morgan fingerprint density at radius 2 is 1.87 bits per heavy atom. The summed E-state index contributed by atoms with van der Waals surface area (Å²) in [7, 11) is 4.14. The SMILES string of the molecule is CN(C)CCCN(Cc1cc2cc3c(cc2[nH]c1=O)OCO3)C(=S)NC1CCCCC1. The van der Waals surface area contributed by atoms with Crippen LogP contribution in [0.1, 0.15) is 44.1 Å². The highest BCUT2D eigenvalue weighted by molar-refractivity contribution is 7.80. The number of rotatable bonds is 7. The van der Waals surface area contributed by atoms with E-state index in [1.807, 2.05) is 18.2 Å². The summed E-state index contributed by atoms with van der Waals surface area (Å²) in [6.07, 6.45) is 7.11. The average Bonchev–Trinajstić information content (AvgIpc) is 3.19. The zero-order valence-corrected chi connectivity index (χ0v) is 19.2. The minimum atomic E-state index is -0.0931. The summed E-state index contributed by atoms with van der Waals surface area (Å²) in [6, 6.07) is 6.13. The van der Waals surface area contributed by atoms with E-state index in [4.69, 9.17) is 21.7 Å². The third kappa shape index (κ3) is 5.49. The lowest BCUT2D eigenvalue weighted by atomic mass is 9.96. The van der Waals surface area contributed by atoms with Crippen molar-refractivity contribution in [3.8, 4) is 11.5 Å². The van der Waals surface area contributed by atoms with Crippen LogP contribution in [-0.2, 0) is 6.54 Å². The molecule has 1 aromatic carbocycles. The minimum Gasteiger partial charge on any atom is -0.454 e. The zero-order chi connectivity index (χ0) is 21.8. The second-order valence-electron chi connectivity index (χ2n) is 8.78. The molecule has 2 aromatic rings. The summed E-state index contributed by atoms with van der Waals surface area (Å²) < 4.78 is 10.9. The predicted molar refractivity (Wildman–Crippen MR) is 127 cm³/mol. The number of H-pyrrole nitrogens is 1. The van der Waals surface area contributed by atoms with Gasteiger partial charge in [-0.2, -0.15) is 0 Å². The zero-order valence-electron chi connectivity index (χ0n) is 18.4. The molecule has 4 rings (SSSR count). The number of hydrogen-bond acceptors (Lipinski definition) is 5. The van der Waals surface area contributed by atoms with Crippen molar-refractivity contribution in [2.45, 2.75) is 51.1 Å². The van der Waals surface area contributed by atoms with Crippen molar-refractivity contribution < 1.29 is 9.47 Å². The van der Waals surface area contributed by atoms with Crippen molar-refractivity contribution in [2.24, 2.45) is 0 Å². The monoisotopic (exact) mass is 444 g/mol. The number of benzene rings is 1. The molecule has 0 unspecified atom stereocenters. The van der Waals surface area contributed by atoms with Crippen LogP contribution in [0.5, 0.6) is 11.5 Å². The molecule has 7 nitrogen and oxygen atoms in total. The number of ether oxygens (including phenoxy) is 2. The summed E-state index contributed by atoms with van der Waals surface area (Å²) in [5.41, 5.74) is 1.36. The first-order chi connectivity index (χ1) is 15.0. The molecule has 0 amide bonds. The maximum atomic E-state index is 12.8. The van der Waals surface area contributed by atoms with Crippen molar-refractivity contribution in [1.82, 2.24) is 20.1 Å². The predicted octanol–water partition coefficient (Wildman–Crippen LogP) is 3.22. The van der Waals surface area contributed by atoms with Gasteiger partial charge in [-0.05, 0) is 64.3 Å². The highest BCUT2D eigenvalue weighted by Crippen LogP contribution is 2.35. The lowest BCUT2D eigenvalue weighted by Gasteiger charge is -2.31. The van der Waals surface area contributed by atoms with Crippen LogP contribution in [0.4, 0.5) is 0 Å². The van der Waals surface area contributed by atoms with Gasteiger partial charge in [-0.1, -0.05) is 19.3 Å². The molecule has 1 saturated carbocycles. The smallest absolute Gasteiger partial charge is 0.253 e. The first-order valence-electron chi connectivity index (χ1n) is 11.2. The maximum absolute atomic E-state index is 12.8. The van der Waals surface area contributed by atoms with E-state index in [1.165, 1.54) is 19.3 Å². The molecular formula is C23H32N4O3S. The number of aromatic nitrogens is 1. The Kier molecular flexibility index (Phi) is 6.97. The van der Waals surface area contributed by atoms with Gasteiger partial charge in [-0.3, -0.25) is 4.79 Å². The van der Waals surface area contributed by atoms with Crippen LogP contribution in [0.25, 0.3) is 10.9 Å². The molecule has 1 aliphatic heterocycles. The van der Waals surface area contributed by atoms with Crippen LogP contribution in [0.15, 0.2) is 23.0 Å². The molecule has 2 aliphatic rings. The number of fused-ring (bicyclic) bond motifs is 2. The Balaban J connectivity index is 1.53. The summed E-state index contributed by atoms with van der Waals surface area (Å²) in [4.78, 5) is 20.1. The Hall–Kier alpha value is -2.32. The molecule has 2 heterocycles. The van der Waals surface area contributed by atoms with Crippen molar-refractivity contribution >= 4 is 28.2 Å². The van der Waals surface area contributed by atoms with Gasteiger partial charge >= 0.3 is 0 Å². The molecular weight excluding hydrogens is 412 g/mol. The summed E-state index contributed by atoms with van der Waals surface area (Å²) >= 11 is 5.79. The van der Waals surface area contributed by atoms with E-state index >= 15 is 0 Å². The molecule has 0 bridgehead atoms. The third-order valence-electron chi connectivity index (χ3n) is 6.03. The van der Waals surface area contributed by atoms with Gasteiger partial charge in [0, 0.05) is 29.6 Å². The Morgan fingerprint density at radius 1 is 1.13 bits per heavy atom. The molecule has 168 valence electrons. The van der Waals surface area contributed by atoms with Crippen molar-refractivity contribution in [2.75, 3.05) is 34.0 Å². The fourth-order valence-corrected chi connectivity index (χ4v) is 4.63. The fraction of sp³-hybridized carbons (Fsp3) is 0.565. The van der Waals surface area contributed by atoms with E-state index in [-0.39, 0.29) is 12.4 Å². The van der Waals surface area contributed by atoms with Crippen molar-refractivity contribution in [3.05, 3.63) is 34.1 Å². The Bertz CT molecular complexity index is 985. The standard InChI is InChI=1S/C23H32N4O3S/c1-26(2)9-6-10-27(23(31)24-18-7-4-3-5-8-18)14-17-11-16-12-20-21(30-15-29-20)13-19(16)25-22(17)28/h11-13,18H,3-10,14-15H2,1-2H3,(H,24,31)(H,25,28). The second kappa shape index (κ2) is 9.87. The fourth-order valence-electron chi connectivity index (χ4n) is 4.31. The van der Waals surface area contributed by atoms with Gasteiger partial charge < -0.3 is 29.6 Å². The quantitative estimate of drug-likeness (QED) is 0.636. The van der Waals surface area contributed by atoms with Crippen LogP contribution in [0.3, 0.4) is 0 Å². The minimum absolute atomic E-state index is 0.0931. The number of aromatic amines is 1. The van der Waals surface area contributed by atoms with Crippen LogP contribution >= 0.6 is 12.2 Å². The maximum Gasteiger partial charge on any atom is 0.253 e. The van der Waals surface area contributed by atoms with E-state index in [1.54, 1.807) is 0 Å². The Morgan fingerprint density at radius 3 is 2.61 bits per heavy atom. The van der Waals surface area contributed by atoms with Crippen molar-refractivity contribution in [3.63, 3.8) is 0 Å². The first-order valence-corrected chi connectivity index (χ1v) is 11.6. The van der Waals surface area contributed by atoms with Gasteiger partial charge in [0.1, 0.15) is 0 Å². The summed E-state index contributed by atoms with van der Waals surface area (Å²) in [5, 5.41) is 5.24. The molecule has 1 aromatic heterocycles. The number of pyridine rings is 1. The lowest BCUT2D eigenvalue weighted by Crippen LogP contribution is -2.46. The van der Waals surface area contributed by atoms with Gasteiger partial charge in [-0.15, -0.1) is 0 Å². The summed E-state index contributed by atoms with van der Waals surface area (Å²) in [6.45, 7) is 2.46. The van der Waals surface area contributed by atoms with E-state index in [0.29, 0.717) is 29.6 Å². The average molecular weight is 445 g/mol. The third-order valence-corrected chi connectivity index (χ3v) is 6.40. The van der Waals surface area contributed by atoms with Crippen LogP contribution < -0.4 is 20.3 Å². The lowest BCUT2D eigenvalue weighted by molar-refractivity contribution is 0.174. The van der Waals surface area contributed by atoms with E-state index < -0.39 is 0 Å². The normalized spacial score (nSPS) is 16.1. The molecule has 0 atom stereocenters. The highest BCUT2D eigenvalue weighted by atomic mass is 32.1. The Labute approximate surface area is 188 Å². The van der Waals surface area contributed by atoms with E-state index in [2.05, 4.69) is 34.2 Å².